The van der Waals surface area contributed by atoms with Crippen LogP contribution in [0, 0.1) is 0 Å². The summed E-state index contributed by atoms with van der Waals surface area (Å²) in [4.78, 5) is 0. The molecule has 0 saturated heterocycles. The molecule has 0 saturated carbocycles. The van der Waals surface area contributed by atoms with E-state index in [0.717, 1.165) is 0 Å². The van der Waals surface area contributed by atoms with E-state index in [0.29, 0.717) is 0 Å². The molecular weight excluding hydrogens is 191 g/mol. The Morgan fingerprint density at radius 2 is 1.00 bits per heavy atom. The fourth-order valence-corrected chi connectivity index (χ4v) is 0. The molecule has 0 aromatic rings. The van der Waals surface area contributed by atoms with Crippen molar-refractivity contribution in [3.8, 4) is 0 Å². The molecule has 0 N–H and O–H groups in total. The van der Waals surface area contributed by atoms with E-state index in [4.69, 9.17) is 0 Å². The first-order valence-electron chi connectivity index (χ1n) is 0. The Morgan fingerprint density at radius 3 is 1.00 bits per heavy atom. The predicted octanol–water partition coefficient (Wildman–Crippen LogP) is -1.46. The number of rotatable bonds is 0. The molecule has 0 atom stereocenters. The van der Waals surface area contributed by atoms with Crippen molar-refractivity contribution in [1.29, 1.82) is 0 Å². The van der Waals surface area contributed by atoms with Crippen molar-refractivity contribution in [2.24, 2.45) is 0 Å². The average Bonchev–Trinajstić information content (AvgIpc) is 0. The van der Waals surface area contributed by atoms with Gasteiger partial charge in [0.15, 0.2) is 0 Å². The molecule has 1 radical (unpaired) electrons. The first-order chi connectivity index (χ1) is 0. The summed E-state index contributed by atoms with van der Waals surface area (Å²) in [5.41, 5.74) is 0. The van der Waals surface area contributed by atoms with Crippen LogP contribution in [0.4, 0.5) is 0 Å². The first-order valence-corrected chi connectivity index (χ1v) is 0. The van der Waals surface area contributed by atoms with Gasteiger partial charge in [-0.1, -0.05) is 0 Å². The Morgan fingerprint density at radius 1 is 1.00 bits per heavy atom. The minimum atomic E-state index is 0. The molecule has 0 aromatic carbocycles. The molecule has 0 bridgehead atoms. The van der Waals surface area contributed by atoms with Crippen LogP contribution in [0.3, 0.4) is 0 Å². The molecular formula is H4CrFeMnSi. The van der Waals surface area contributed by atoms with Gasteiger partial charge >= 0.3 is 0 Å². The summed E-state index contributed by atoms with van der Waals surface area (Å²) in [5.74, 6) is 0. The van der Waals surface area contributed by atoms with Gasteiger partial charge in [-0.15, -0.1) is 0 Å². The van der Waals surface area contributed by atoms with Crippen molar-refractivity contribution in [3.63, 3.8) is 0 Å². The Hall–Kier alpha value is 1.79. The summed E-state index contributed by atoms with van der Waals surface area (Å²) < 4.78 is 0. The topological polar surface area (TPSA) is 0 Å². The summed E-state index contributed by atoms with van der Waals surface area (Å²) in [5, 5.41) is 0. The molecule has 0 nitrogen and oxygen atoms in total. The van der Waals surface area contributed by atoms with Crippen molar-refractivity contribution in [2.45, 2.75) is 0 Å². The van der Waals surface area contributed by atoms with E-state index in [1.165, 1.54) is 0 Å². The van der Waals surface area contributed by atoms with E-state index in [1.54, 1.807) is 0 Å². The zero-order valence-corrected chi connectivity index (χ0v) is 4.70. The monoisotopic (exact) mass is 195 g/mol. The molecule has 0 spiro atoms. The Labute approximate surface area is 62.2 Å². The van der Waals surface area contributed by atoms with Crippen LogP contribution in [0.15, 0.2) is 0 Å². The minimum Gasteiger partial charge on any atom is -0.0149 e. The zero-order chi connectivity index (χ0) is 0. The van der Waals surface area contributed by atoms with Crippen molar-refractivity contribution < 1.29 is 51.5 Å². The van der Waals surface area contributed by atoms with Gasteiger partial charge in [0.1, 0.15) is 0 Å². The number of hydrogen-bond donors (Lipinski definition) is 0. The van der Waals surface area contributed by atoms with Crippen LogP contribution < -0.4 is 0 Å². The van der Waals surface area contributed by atoms with Crippen LogP contribution in [0.25, 0.3) is 0 Å². The van der Waals surface area contributed by atoms with Gasteiger partial charge in [-0.2, -0.15) is 0 Å². The van der Waals surface area contributed by atoms with E-state index in [9.17, 15) is 0 Å². The average molecular weight is 195 g/mol. The van der Waals surface area contributed by atoms with Crippen LogP contribution in [-0.2, 0) is 51.5 Å². The van der Waals surface area contributed by atoms with Crippen LogP contribution in [0.1, 0.15) is 0 Å². The summed E-state index contributed by atoms with van der Waals surface area (Å²) in [7, 11) is 0. The van der Waals surface area contributed by atoms with E-state index < -0.39 is 0 Å². The van der Waals surface area contributed by atoms with Crippen molar-refractivity contribution in [2.75, 3.05) is 0 Å². The Bertz CT molecular complexity index is 8.00. The van der Waals surface area contributed by atoms with Crippen LogP contribution >= 0.6 is 0 Å². The molecule has 0 aromatic heterocycles. The second-order valence-corrected chi connectivity index (χ2v) is 0. The van der Waals surface area contributed by atoms with Gasteiger partial charge in [0.05, 0.1) is 0 Å². The molecule has 0 fully saturated rings. The first kappa shape index (κ1) is 41.5. The summed E-state index contributed by atoms with van der Waals surface area (Å²) in [6.07, 6.45) is 0. The van der Waals surface area contributed by atoms with Gasteiger partial charge in [-0.25, -0.2) is 0 Å². The Kier molecular flexibility index (Phi) is 223. The molecule has 4 heavy (non-hydrogen) atoms. The van der Waals surface area contributed by atoms with Gasteiger partial charge in [0.25, 0.3) is 0 Å². The fraction of sp³-hybridized carbons (Fsp3) is 0. The molecule has 4 heteroatoms. The molecule has 0 heterocycles. The standard InChI is InChI=1S/Cr.Fe.Mn.H4Si/h;;;1H4. The quantitative estimate of drug-likeness (QED) is 0.414. The minimum absolute atomic E-state index is 0. The van der Waals surface area contributed by atoms with Crippen molar-refractivity contribution in [3.05, 3.63) is 0 Å². The molecule has 0 aliphatic rings. The fourth-order valence-electron chi connectivity index (χ4n) is 0. The van der Waals surface area contributed by atoms with E-state index in [1.807, 2.05) is 0 Å². The van der Waals surface area contributed by atoms with Crippen molar-refractivity contribution >= 4 is 11.0 Å². The third-order valence-electron chi connectivity index (χ3n) is 0. The van der Waals surface area contributed by atoms with Crippen LogP contribution in [0.5, 0.6) is 0 Å². The molecule has 0 unspecified atom stereocenters. The smallest absolute Gasteiger partial charge is 0 e. The second kappa shape index (κ2) is 21.5. The molecule has 0 amide bonds. The Balaban J connectivity index is 0. The van der Waals surface area contributed by atoms with Gasteiger partial charge in [-0.05, 0) is 11.0 Å². The van der Waals surface area contributed by atoms with Gasteiger partial charge in [-0.3, -0.25) is 0 Å². The summed E-state index contributed by atoms with van der Waals surface area (Å²) in [6.45, 7) is 0. The largest absolute Gasteiger partial charge is 0.0149 e. The van der Waals surface area contributed by atoms with E-state index in [2.05, 4.69) is 0 Å². The maximum absolute atomic E-state index is 0. The van der Waals surface area contributed by atoms with Crippen LogP contribution in [-0.4, -0.2) is 11.0 Å². The van der Waals surface area contributed by atoms with Crippen molar-refractivity contribution in [1.82, 2.24) is 0 Å². The van der Waals surface area contributed by atoms with Gasteiger partial charge in [0.2, 0.25) is 0 Å². The maximum atomic E-state index is 0. The van der Waals surface area contributed by atoms with E-state index >= 15 is 0 Å². The molecule has 29 valence electrons. The summed E-state index contributed by atoms with van der Waals surface area (Å²) in [6, 6.07) is 0. The zero-order valence-electron chi connectivity index (χ0n) is 1.14. The number of hydrogen-bond acceptors (Lipinski definition) is 0. The van der Waals surface area contributed by atoms with E-state index in [-0.39, 0.29) is 62.5 Å². The third kappa shape index (κ3) is 9.21. The van der Waals surface area contributed by atoms with Gasteiger partial charge in [0, 0.05) is 51.5 Å². The van der Waals surface area contributed by atoms with Gasteiger partial charge < -0.3 is 0 Å². The SMILES string of the molecule is [Cr].[Fe].[Mn].[SiH4]. The molecule has 0 aliphatic carbocycles. The summed E-state index contributed by atoms with van der Waals surface area (Å²) >= 11 is 0. The normalized spacial score (nSPS) is 0. The predicted molar refractivity (Wildman–Crippen MR) is 11.3 cm³/mol. The van der Waals surface area contributed by atoms with Crippen LogP contribution in [0.2, 0.25) is 0 Å². The molecule has 0 aliphatic heterocycles. The third-order valence-corrected chi connectivity index (χ3v) is 0. The maximum Gasteiger partial charge on any atom is 0 e. The second-order valence-electron chi connectivity index (χ2n) is 0. The molecule has 0 rings (SSSR count).